The summed E-state index contributed by atoms with van der Waals surface area (Å²) in [6.07, 6.45) is 5.20. The molecule has 0 bridgehead atoms. The Kier molecular flexibility index (Phi) is 7.37. The Bertz CT molecular complexity index is 1130. The molecule has 164 valence electrons. The fourth-order valence-electron chi connectivity index (χ4n) is 2.88. The van der Waals surface area contributed by atoms with E-state index in [1.54, 1.807) is 24.5 Å². The van der Waals surface area contributed by atoms with Crippen LogP contribution in [0.5, 0.6) is 5.75 Å². The summed E-state index contributed by atoms with van der Waals surface area (Å²) in [5.74, 6) is 1.87. The monoisotopic (exact) mass is 443 g/mol. The van der Waals surface area contributed by atoms with Crippen molar-refractivity contribution in [1.82, 2.24) is 24.6 Å². The summed E-state index contributed by atoms with van der Waals surface area (Å²) in [7, 11) is -3.69. The number of nitrogens with zero attached hydrogens (tertiary/aromatic N) is 3. The standard InChI is InChI=1S/C21H25N5O4S/c1-3-30-18-4-6-19(7-5-18)31(28,29)25-11-9-21(27)24-15-17-8-10-23-20(14-17)26-13-12-22-16(26)2/h4-8,10,12-14,25H,3,9,11,15H2,1-2H3,(H,24,27). The maximum absolute atomic E-state index is 12.3. The van der Waals surface area contributed by atoms with Gasteiger partial charge in [0.2, 0.25) is 15.9 Å². The second-order valence-corrected chi connectivity index (χ2v) is 8.46. The lowest BCUT2D eigenvalue weighted by atomic mass is 10.2. The summed E-state index contributed by atoms with van der Waals surface area (Å²) < 4.78 is 34.3. The van der Waals surface area contributed by atoms with Crippen LogP contribution in [0.4, 0.5) is 0 Å². The van der Waals surface area contributed by atoms with Crippen LogP contribution in [-0.4, -0.2) is 42.0 Å². The van der Waals surface area contributed by atoms with Crippen LogP contribution in [-0.2, 0) is 21.4 Å². The maximum Gasteiger partial charge on any atom is 0.240 e. The molecule has 0 saturated heterocycles. The van der Waals surface area contributed by atoms with E-state index in [1.807, 2.05) is 36.7 Å². The second-order valence-electron chi connectivity index (χ2n) is 6.70. The molecule has 0 radical (unpaired) electrons. The summed E-state index contributed by atoms with van der Waals surface area (Å²) in [5, 5.41) is 2.79. The van der Waals surface area contributed by atoms with E-state index in [2.05, 4.69) is 20.0 Å². The van der Waals surface area contributed by atoms with Gasteiger partial charge >= 0.3 is 0 Å². The zero-order valence-electron chi connectivity index (χ0n) is 17.4. The van der Waals surface area contributed by atoms with Gasteiger partial charge in [-0.25, -0.2) is 23.1 Å². The molecule has 0 saturated carbocycles. The number of nitrogens with one attached hydrogen (secondary N) is 2. The zero-order chi connectivity index (χ0) is 22.3. The first-order valence-electron chi connectivity index (χ1n) is 9.83. The van der Waals surface area contributed by atoms with E-state index in [-0.39, 0.29) is 23.8 Å². The third-order valence-electron chi connectivity index (χ3n) is 4.46. The van der Waals surface area contributed by atoms with Crippen molar-refractivity contribution in [2.24, 2.45) is 0 Å². The van der Waals surface area contributed by atoms with Crippen molar-refractivity contribution in [3.63, 3.8) is 0 Å². The Morgan fingerprint density at radius 2 is 1.90 bits per heavy atom. The third-order valence-corrected chi connectivity index (χ3v) is 5.94. The highest BCUT2D eigenvalue weighted by Gasteiger charge is 2.14. The average molecular weight is 444 g/mol. The van der Waals surface area contributed by atoms with E-state index in [1.165, 1.54) is 12.1 Å². The maximum atomic E-state index is 12.3. The minimum absolute atomic E-state index is 0.00277. The van der Waals surface area contributed by atoms with Gasteiger partial charge in [0.15, 0.2) is 0 Å². The molecule has 2 heterocycles. The SMILES string of the molecule is CCOc1ccc(S(=O)(=O)NCCC(=O)NCc2ccnc(-n3ccnc3C)c2)cc1. The lowest BCUT2D eigenvalue weighted by molar-refractivity contribution is -0.121. The minimum Gasteiger partial charge on any atom is -0.494 e. The smallest absolute Gasteiger partial charge is 0.240 e. The number of imidazole rings is 1. The summed E-state index contributed by atoms with van der Waals surface area (Å²) in [4.78, 5) is 20.7. The van der Waals surface area contributed by atoms with Gasteiger partial charge in [0.1, 0.15) is 17.4 Å². The topological polar surface area (TPSA) is 115 Å². The van der Waals surface area contributed by atoms with Gasteiger partial charge in [0.05, 0.1) is 11.5 Å². The predicted molar refractivity (Wildman–Crippen MR) is 115 cm³/mol. The molecule has 1 amide bonds. The molecule has 2 N–H and O–H groups in total. The number of carbonyl (C=O) groups is 1. The minimum atomic E-state index is -3.69. The van der Waals surface area contributed by atoms with Gasteiger partial charge in [-0.15, -0.1) is 0 Å². The fraction of sp³-hybridized carbons (Fsp3) is 0.286. The first-order valence-corrected chi connectivity index (χ1v) is 11.3. The molecular formula is C21H25N5O4S. The van der Waals surface area contributed by atoms with Crippen LogP contribution in [0.3, 0.4) is 0 Å². The van der Waals surface area contributed by atoms with Crippen molar-refractivity contribution in [3.05, 3.63) is 66.4 Å². The number of hydrogen-bond acceptors (Lipinski definition) is 6. The van der Waals surface area contributed by atoms with Crippen LogP contribution in [0.15, 0.2) is 59.9 Å². The number of hydrogen-bond donors (Lipinski definition) is 2. The van der Waals surface area contributed by atoms with E-state index in [0.29, 0.717) is 24.7 Å². The number of rotatable bonds is 10. The van der Waals surface area contributed by atoms with Crippen molar-refractivity contribution in [3.8, 4) is 11.6 Å². The molecule has 1 aromatic carbocycles. The first-order chi connectivity index (χ1) is 14.9. The van der Waals surface area contributed by atoms with Gasteiger partial charge < -0.3 is 10.1 Å². The number of benzene rings is 1. The molecule has 31 heavy (non-hydrogen) atoms. The van der Waals surface area contributed by atoms with Crippen molar-refractivity contribution in [2.45, 2.75) is 31.7 Å². The molecule has 10 heteroatoms. The molecule has 0 aliphatic heterocycles. The van der Waals surface area contributed by atoms with E-state index in [9.17, 15) is 13.2 Å². The normalized spacial score (nSPS) is 11.3. The quantitative estimate of drug-likeness (QED) is 0.495. The van der Waals surface area contributed by atoms with E-state index < -0.39 is 10.0 Å². The van der Waals surface area contributed by atoms with Crippen LogP contribution in [0.2, 0.25) is 0 Å². The molecular weight excluding hydrogens is 418 g/mol. The van der Waals surface area contributed by atoms with Crippen LogP contribution < -0.4 is 14.8 Å². The molecule has 3 aromatic rings. The molecule has 0 aliphatic rings. The molecule has 0 atom stereocenters. The largest absolute Gasteiger partial charge is 0.494 e. The summed E-state index contributed by atoms with van der Waals surface area (Å²) in [5.41, 5.74) is 0.876. The van der Waals surface area contributed by atoms with Gasteiger partial charge in [-0.1, -0.05) is 0 Å². The lowest BCUT2D eigenvalue weighted by Gasteiger charge is -2.10. The van der Waals surface area contributed by atoms with E-state index >= 15 is 0 Å². The molecule has 0 spiro atoms. The summed E-state index contributed by atoms with van der Waals surface area (Å²) >= 11 is 0. The van der Waals surface area contributed by atoms with Crippen molar-refractivity contribution >= 4 is 15.9 Å². The van der Waals surface area contributed by atoms with Crippen molar-refractivity contribution < 1.29 is 17.9 Å². The van der Waals surface area contributed by atoms with Gasteiger partial charge in [0, 0.05) is 38.1 Å². The summed E-state index contributed by atoms with van der Waals surface area (Å²) in [6, 6.07) is 9.80. The Balaban J connectivity index is 1.48. The van der Waals surface area contributed by atoms with Crippen LogP contribution >= 0.6 is 0 Å². The zero-order valence-corrected chi connectivity index (χ0v) is 18.2. The van der Waals surface area contributed by atoms with Crippen molar-refractivity contribution in [1.29, 1.82) is 0 Å². The van der Waals surface area contributed by atoms with E-state index in [4.69, 9.17) is 4.74 Å². The highest BCUT2D eigenvalue weighted by molar-refractivity contribution is 7.89. The highest BCUT2D eigenvalue weighted by atomic mass is 32.2. The molecule has 3 rings (SSSR count). The molecule has 0 aliphatic carbocycles. The number of pyridine rings is 1. The number of aryl methyl sites for hydroxylation is 1. The number of aromatic nitrogens is 3. The molecule has 2 aromatic heterocycles. The second kappa shape index (κ2) is 10.2. The summed E-state index contributed by atoms with van der Waals surface area (Å²) in [6.45, 7) is 4.55. The van der Waals surface area contributed by atoms with Crippen LogP contribution in [0, 0.1) is 6.92 Å². The van der Waals surface area contributed by atoms with Crippen molar-refractivity contribution in [2.75, 3.05) is 13.2 Å². The number of carbonyl (C=O) groups excluding carboxylic acids is 1. The fourth-order valence-corrected chi connectivity index (χ4v) is 3.91. The van der Waals surface area contributed by atoms with Gasteiger partial charge in [-0.2, -0.15) is 0 Å². The number of ether oxygens (including phenoxy) is 1. The van der Waals surface area contributed by atoms with Gasteiger partial charge in [-0.3, -0.25) is 9.36 Å². The Hall–Kier alpha value is -3.24. The Morgan fingerprint density at radius 3 is 2.58 bits per heavy atom. The molecule has 0 fully saturated rings. The van der Waals surface area contributed by atoms with Gasteiger partial charge in [-0.05, 0) is 55.8 Å². The average Bonchev–Trinajstić information content (AvgIpc) is 3.19. The Labute approximate surface area is 181 Å². The number of amides is 1. The highest BCUT2D eigenvalue weighted by Crippen LogP contribution is 2.15. The lowest BCUT2D eigenvalue weighted by Crippen LogP contribution is -2.30. The molecule has 9 nitrogen and oxygen atoms in total. The molecule has 0 unspecified atom stereocenters. The number of sulfonamides is 1. The third kappa shape index (κ3) is 6.12. The Morgan fingerprint density at radius 1 is 1.13 bits per heavy atom. The van der Waals surface area contributed by atoms with Crippen LogP contribution in [0.1, 0.15) is 24.7 Å². The van der Waals surface area contributed by atoms with Crippen LogP contribution in [0.25, 0.3) is 5.82 Å². The predicted octanol–water partition coefficient (Wildman–Crippen LogP) is 1.96. The van der Waals surface area contributed by atoms with E-state index in [0.717, 1.165) is 11.4 Å². The van der Waals surface area contributed by atoms with Gasteiger partial charge in [0.25, 0.3) is 0 Å². The first kappa shape index (κ1) is 22.4.